The van der Waals surface area contributed by atoms with Crippen LogP contribution in [-0.4, -0.2) is 24.7 Å². The van der Waals surface area contributed by atoms with Gasteiger partial charge in [-0.3, -0.25) is 9.36 Å². The van der Waals surface area contributed by atoms with E-state index in [1.54, 1.807) is 10.9 Å². The van der Waals surface area contributed by atoms with Gasteiger partial charge in [0.2, 0.25) is 0 Å². The van der Waals surface area contributed by atoms with Gasteiger partial charge in [-0.15, -0.1) is 0 Å². The van der Waals surface area contributed by atoms with E-state index in [0.29, 0.717) is 6.07 Å². The largest absolute Gasteiger partial charge is 0.416 e. The lowest BCUT2D eigenvalue weighted by molar-refractivity contribution is -0.139. The van der Waals surface area contributed by atoms with Crippen LogP contribution in [0.5, 0.6) is 0 Å². The Morgan fingerprint density at radius 3 is 2.24 bits per heavy atom. The van der Waals surface area contributed by atoms with Crippen LogP contribution >= 0.6 is 0 Å². The molecule has 0 aliphatic carbocycles. The van der Waals surface area contributed by atoms with E-state index in [1.165, 1.54) is 24.0 Å². The number of halogens is 4. The maximum atomic E-state index is 13.0. The van der Waals surface area contributed by atoms with Crippen molar-refractivity contribution in [3.63, 3.8) is 0 Å². The normalized spacial score (nSPS) is 12.4. The zero-order valence-electron chi connectivity index (χ0n) is 13.4. The number of aromatic nitrogens is 4. The molecular weight excluding hydrogens is 340 g/mol. The number of aryl methyl sites for hydroxylation is 2. The monoisotopic (exact) mass is 356 g/mol. The topological polar surface area (TPSA) is 55.9 Å². The number of benzene rings is 1. The minimum atomic E-state index is -4.74. The van der Waals surface area contributed by atoms with Crippen molar-refractivity contribution in [1.82, 2.24) is 19.6 Å². The van der Waals surface area contributed by atoms with Crippen molar-refractivity contribution in [2.24, 2.45) is 14.1 Å². The molecule has 1 aromatic carbocycles. The third kappa shape index (κ3) is 4.66. The summed E-state index contributed by atoms with van der Waals surface area (Å²) in [5.74, 6) is -1.01. The first-order valence-electron chi connectivity index (χ1n) is 7.16. The van der Waals surface area contributed by atoms with Crippen LogP contribution in [0.15, 0.2) is 48.9 Å². The molecule has 1 atom stereocenters. The highest BCUT2D eigenvalue weighted by atomic mass is 19.4. The van der Waals surface area contributed by atoms with Crippen molar-refractivity contribution in [1.29, 1.82) is 0 Å². The molecule has 0 saturated carbocycles. The highest BCUT2D eigenvalue weighted by molar-refractivity contribution is 5.36. The Labute approximate surface area is 141 Å². The maximum Gasteiger partial charge on any atom is 0.416 e. The molecule has 0 aliphatic heterocycles. The number of nitrogens with zero attached hydrogens (tertiary/aromatic N) is 4. The van der Waals surface area contributed by atoms with Gasteiger partial charge in [-0.2, -0.15) is 23.4 Å². The maximum absolute atomic E-state index is 13.0. The summed E-state index contributed by atoms with van der Waals surface area (Å²) in [5.41, 5.74) is -1.41. The van der Waals surface area contributed by atoms with Gasteiger partial charge in [-0.1, -0.05) is 6.07 Å². The van der Waals surface area contributed by atoms with Crippen LogP contribution in [0, 0.1) is 5.82 Å². The molecule has 25 heavy (non-hydrogen) atoms. The molecule has 1 N–H and O–H groups in total. The van der Waals surface area contributed by atoms with E-state index in [-0.39, 0.29) is 5.69 Å². The Balaban J connectivity index is 0.000000316. The molecule has 3 aromatic rings. The van der Waals surface area contributed by atoms with Crippen molar-refractivity contribution in [3.05, 3.63) is 71.6 Å². The average Bonchev–Trinajstić information content (AvgIpc) is 3.17. The van der Waals surface area contributed by atoms with Gasteiger partial charge in [0.1, 0.15) is 11.9 Å². The second-order valence-corrected chi connectivity index (χ2v) is 5.19. The van der Waals surface area contributed by atoms with E-state index in [1.807, 2.05) is 19.3 Å². The summed E-state index contributed by atoms with van der Waals surface area (Å²) < 4.78 is 54.5. The first kappa shape index (κ1) is 18.7. The van der Waals surface area contributed by atoms with Gasteiger partial charge in [0, 0.05) is 32.7 Å². The van der Waals surface area contributed by atoms with E-state index in [9.17, 15) is 22.7 Å². The molecule has 0 aliphatic rings. The van der Waals surface area contributed by atoms with Crippen molar-refractivity contribution < 1.29 is 22.7 Å². The number of hydrogen-bond acceptors (Lipinski definition) is 3. The second-order valence-electron chi connectivity index (χ2n) is 5.19. The first-order valence-corrected chi connectivity index (χ1v) is 7.16. The van der Waals surface area contributed by atoms with Crippen LogP contribution < -0.4 is 0 Å². The number of rotatable bonds is 2. The van der Waals surface area contributed by atoms with E-state index >= 15 is 0 Å². The van der Waals surface area contributed by atoms with E-state index in [4.69, 9.17) is 0 Å². The fraction of sp³-hybridized carbons (Fsp3) is 0.250. The number of alkyl halides is 3. The van der Waals surface area contributed by atoms with E-state index in [2.05, 4.69) is 10.2 Å². The fourth-order valence-corrected chi connectivity index (χ4v) is 2.17. The zero-order valence-corrected chi connectivity index (χ0v) is 13.4. The summed E-state index contributed by atoms with van der Waals surface area (Å²) in [4.78, 5) is 0. The van der Waals surface area contributed by atoms with Crippen molar-refractivity contribution in [2.45, 2.75) is 12.3 Å². The summed E-state index contributed by atoms with van der Waals surface area (Å²) in [5, 5.41) is 17.6. The summed E-state index contributed by atoms with van der Waals surface area (Å²) >= 11 is 0. The predicted molar refractivity (Wildman–Crippen MR) is 81.9 cm³/mol. The molecule has 134 valence electrons. The second kappa shape index (κ2) is 7.47. The summed E-state index contributed by atoms with van der Waals surface area (Å²) in [7, 11) is 3.38. The molecule has 9 heteroatoms. The standard InChI is InChI=1S/C12H10F4N2O.C4H6N2/c1-18-10(4-5-17-18)11(19)8-3-2-7(13)6-9(8)12(14,15)16;1-6-4-2-3-5-6/h2-6,11,19H,1H3;2-4H,1H3. The SMILES string of the molecule is Cn1cccn1.Cn1nccc1C(O)c1ccc(F)cc1C(F)(F)F. The minimum absolute atomic E-state index is 0.192. The number of hydrogen-bond donors (Lipinski definition) is 1. The Hall–Kier alpha value is -2.68. The van der Waals surface area contributed by atoms with Gasteiger partial charge in [0.15, 0.2) is 0 Å². The fourth-order valence-electron chi connectivity index (χ4n) is 2.17. The van der Waals surface area contributed by atoms with E-state index in [0.717, 1.165) is 12.1 Å². The predicted octanol–water partition coefficient (Wildman–Crippen LogP) is 3.08. The highest BCUT2D eigenvalue weighted by Gasteiger charge is 2.36. The average molecular weight is 356 g/mol. The zero-order chi connectivity index (χ0) is 18.6. The van der Waals surface area contributed by atoms with E-state index < -0.39 is 29.2 Å². The summed E-state index contributed by atoms with van der Waals surface area (Å²) in [6.45, 7) is 0. The minimum Gasteiger partial charge on any atom is -0.382 e. The van der Waals surface area contributed by atoms with Crippen LogP contribution in [0.2, 0.25) is 0 Å². The summed E-state index contributed by atoms with van der Waals surface area (Å²) in [6, 6.07) is 5.46. The third-order valence-electron chi connectivity index (χ3n) is 3.39. The lowest BCUT2D eigenvalue weighted by Gasteiger charge is -2.17. The molecule has 0 saturated heterocycles. The number of aliphatic hydroxyl groups excluding tert-OH is 1. The molecule has 0 amide bonds. The van der Waals surface area contributed by atoms with Gasteiger partial charge in [0.05, 0.1) is 11.3 Å². The quantitative estimate of drug-likeness (QED) is 0.718. The molecular formula is C16H16F4N4O. The van der Waals surface area contributed by atoms with Crippen molar-refractivity contribution in [3.8, 4) is 0 Å². The van der Waals surface area contributed by atoms with Gasteiger partial charge in [-0.25, -0.2) is 4.39 Å². The Morgan fingerprint density at radius 1 is 1.08 bits per heavy atom. The van der Waals surface area contributed by atoms with Crippen LogP contribution in [0.4, 0.5) is 17.6 Å². The first-order chi connectivity index (χ1) is 11.7. The molecule has 2 aromatic heterocycles. The number of aliphatic hydroxyl groups is 1. The lowest BCUT2D eigenvalue weighted by atomic mass is 9.99. The van der Waals surface area contributed by atoms with Crippen molar-refractivity contribution in [2.75, 3.05) is 0 Å². The van der Waals surface area contributed by atoms with Gasteiger partial charge < -0.3 is 5.11 Å². The molecule has 2 heterocycles. The molecule has 0 spiro atoms. The smallest absolute Gasteiger partial charge is 0.382 e. The van der Waals surface area contributed by atoms with Crippen LogP contribution in [0.1, 0.15) is 22.9 Å². The Kier molecular flexibility index (Phi) is 5.58. The molecule has 0 fully saturated rings. The van der Waals surface area contributed by atoms with Crippen molar-refractivity contribution >= 4 is 0 Å². The van der Waals surface area contributed by atoms with Gasteiger partial charge in [0.25, 0.3) is 0 Å². The van der Waals surface area contributed by atoms with Crippen LogP contribution in [0.3, 0.4) is 0 Å². The Bertz CT molecular complexity index is 812. The lowest BCUT2D eigenvalue weighted by Crippen LogP contribution is -2.15. The highest BCUT2D eigenvalue weighted by Crippen LogP contribution is 2.36. The third-order valence-corrected chi connectivity index (χ3v) is 3.39. The molecule has 3 rings (SSSR count). The molecule has 0 radical (unpaired) electrons. The Morgan fingerprint density at radius 2 is 1.80 bits per heavy atom. The van der Waals surface area contributed by atoms with Crippen LogP contribution in [-0.2, 0) is 20.3 Å². The molecule has 0 bridgehead atoms. The molecule has 1 unspecified atom stereocenters. The van der Waals surface area contributed by atoms with Gasteiger partial charge in [-0.05, 0) is 29.8 Å². The van der Waals surface area contributed by atoms with Crippen LogP contribution in [0.25, 0.3) is 0 Å². The summed E-state index contributed by atoms with van der Waals surface area (Å²) in [6.07, 6.45) is -1.27. The molecule has 5 nitrogen and oxygen atoms in total. The van der Waals surface area contributed by atoms with Gasteiger partial charge >= 0.3 is 6.18 Å².